The molecule has 10 nitrogen and oxygen atoms in total. The van der Waals surface area contributed by atoms with Gasteiger partial charge in [-0.3, -0.25) is 24.7 Å². The number of morpholine rings is 2. The van der Waals surface area contributed by atoms with E-state index in [4.69, 9.17) is 14.5 Å². The number of nitro groups is 1. The minimum Gasteiger partial charge on any atom is -0.379 e. The summed E-state index contributed by atoms with van der Waals surface area (Å²) in [5, 5.41) is 12.6. The molecule has 2 saturated heterocycles. The summed E-state index contributed by atoms with van der Waals surface area (Å²) >= 11 is 4.94. The molecule has 2 aliphatic heterocycles. The largest absolute Gasteiger partial charge is 0.379 e. The Balaban J connectivity index is 1.43. The number of carbonyl (C=O) groups excluding carboxylic acids is 1. The molecule has 3 heterocycles. The number of fused-ring (bicyclic) bond motifs is 1. The lowest BCUT2D eigenvalue weighted by Crippen LogP contribution is -2.39. The van der Waals surface area contributed by atoms with E-state index in [0.29, 0.717) is 56.9 Å². The van der Waals surface area contributed by atoms with Crippen LogP contribution in [0.4, 0.5) is 16.5 Å². The maximum Gasteiger partial charge on any atom is 0.293 e. The molecule has 0 atom stereocenters. The Kier molecular flexibility index (Phi) is 8.30. The first-order valence-corrected chi connectivity index (χ1v) is 13.9. The number of anilines is 2. The number of rotatable bonds is 8. The lowest BCUT2D eigenvalue weighted by molar-refractivity contribution is -0.384. The van der Waals surface area contributed by atoms with Crippen molar-refractivity contribution < 1.29 is 19.2 Å². The molecule has 0 spiro atoms. The Labute approximate surface area is 227 Å². The highest BCUT2D eigenvalue weighted by Gasteiger charge is 2.27. The normalized spacial score (nSPS) is 16.7. The smallest absolute Gasteiger partial charge is 0.293 e. The summed E-state index contributed by atoms with van der Waals surface area (Å²) in [6.07, 6.45) is 0.749. The number of carbonyl (C=O) groups is 1. The molecule has 0 bridgehead atoms. The molecule has 2 aromatic carbocycles. The van der Waals surface area contributed by atoms with Crippen LogP contribution in [-0.4, -0.2) is 86.4 Å². The maximum atomic E-state index is 13.8. The molecular weight excluding hydrogens is 562 g/mol. The van der Waals surface area contributed by atoms with Crippen LogP contribution in [0.3, 0.4) is 0 Å². The van der Waals surface area contributed by atoms with Crippen molar-refractivity contribution in [2.45, 2.75) is 6.42 Å². The number of benzene rings is 2. The number of hydrogen-bond acceptors (Lipinski definition) is 9. The van der Waals surface area contributed by atoms with Crippen molar-refractivity contribution in [1.29, 1.82) is 0 Å². The molecule has 5 rings (SSSR count). The fourth-order valence-electron chi connectivity index (χ4n) is 4.59. The molecule has 0 unspecified atom stereocenters. The number of aromatic nitrogens is 1. The Hall–Kier alpha value is -2.64. The van der Waals surface area contributed by atoms with Crippen LogP contribution in [0.15, 0.2) is 40.9 Å². The second-order valence-electron chi connectivity index (χ2n) is 8.93. The van der Waals surface area contributed by atoms with Gasteiger partial charge in [0.25, 0.3) is 11.6 Å². The van der Waals surface area contributed by atoms with Crippen molar-refractivity contribution in [3.8, 4) is 0 Å². The minimum atomic E-state index is -0.417. The summed E-state index contributed by atoms with van der Waals surface area (Å²) in [4.78, 5) is 36.0. The first-order valence-electron chi connectivity index (χ1n) is 12.3. The molecule has 3 aromatic rings. The van der Waals surface area contributed by atoms with E-state index in [1.54, 1.807) is 17.0 Å². The van der Waals surface area contributed by atoms with E-state index in [1.807, 2.05) is 23.1 Å². The molecule has 2 fully saturated rings. The third-order valence-corrected chi connectivity index (χ3v) is 8.08. The highest BCUT2D eigenvalue weighted by molar-refractivity contribution is 9.10. The van der Waals surface area contributed by atoms with Gasteiger partial charge in [-0.25, -0.2) is 4.98 Å². The average molecular weight is 591 g/mol. The van der Waals surface area contributed by atoms with E-state index in [0.717, 1.165) is 40.7 Å². The van der Waals surface area contributed by atoms with Crippen molar-refractivity contribution in [3.63, 3.8) is 0 Å². The van der Waals surface area contributed by atoms with E-state index in [2.05, 4.69) is 20.8 Å². The predicted molar refractivity (Wildman–Crippen MR) is 147 cm³/mol. The van der Waals surface area contributed by atoms with Crippen LogP contribution in [0.2, 0.25) is 0 Å². The van der Waals surface area contributed by atoms with Crippen LogP contribution >= 0.6 is 27.3 Å². The molecule has 0 N–H and O–H groups in total. The monoisotopic (exact) mass is 589 g/mol. The summed E-state index contributed by atoms with van der Waals surface area (Å²) in [7, 11) is 0. The van der Waals surface area contributed by atoms with Gasteiger partial charge in [0.05, 0.1) is 41.6 Å². The lowest BCUT2D eigenvalue weighted by atomic mass is 10.1. The van der Waals surface area contributed by atoms with Gasteiger partial charge in [0, 0.05) is 55.4 Å². The van der Waals surface area contributed by atoms with E-state index in [-0.39, 0.29) is 17.2 Å². The number of hydrogen-bond donors (Lipinski definition) is 0. The minimum absolute atomic E-state index is 0.0748. The number of ether oxygens (including phenoxy) is 2. The SMILES string of the molecule is O=C(c1ccc(N2CCOCC2)c([N+](=O)[O-])c1)N(CCCN1CCOCC1)c1nc2ccc(Br)cc2s1. The zero-order valence-corrected chi connectivity index (χ0v) is 22.7. The predicted octanol–water partition coefficient (Wildman–Crippen LogP) is 4.17. The van der Waals surface area contributed by atoms with Crippen molar-refractivity contribution in [2.75, 3.05) is 75.5 Å². The molecule has 0 aliphatic carbocycles. The quantitative estimate of drug-likeness (QED) is 0.285. The van der Waals surface area contributed by atoms with Crippen LogP contribution in [0.5, 0.6) is 0 Å². The topological polar surface area (TPSA) is 101 Å². The van der Waals surface area contributed by atoms with Gasteiger partial charge in [0.1, 0.15) is 5.69 Å². The summed E-state index contributed by atoms with van der Waals surface area (Å²) in [5.74, 6) is -0.295. The Morgan fingerprint density at radius 2 is 1.81 bits per heavy atom. The Bertz CT molecular complexity index is 1280. The number of amides is 1. The van der Waals surface area contributed by atoms with Gasteiger partial charge in [-0.1, -0.05) is 27.3 Å². The first-order chi connectivity index (χ1) is 18.0. The van der Waals surface area contributed by atoms with Crippen LogP contribution in [-0.2, 0) is 9.47 Å². The molecule has 2 aliphatic rings. The summed E-state index contributed by atoms with van der Waals surface area (Å²) < 4.78 is 12.7. The zero-order chi connectivity index (χ0) is 25.8. The Morgan fingerprint density at radius 1 is 1.08 bits per heavy atom. The van der Waals surface area contributed by atoms with E-state index in [1.165, 1.54) is 17.4 Å². The molecule has 37 heavy (non-hydrogen) atoms. The molecule has 0 radical (unpaired) electrons. The second kappa shape index (κ2) is 11.8. The van der Waals surface area contributed by atoms with Gasteiger partial charge in [0.15, 0.2) is 5.13 Å². The van der Waals surface area contributed by atoms with E-state index in [9.17, 15) is 14.9 Å². The molecule has 196 valence electrons. The standard InChI is InChI=1S/C25H28BrN5O5S/c26-19-3-4-20-23(17-19)37-25(27-20)30(7-1-6-28-8-12-35-13-9-28)24(32)18-2-5-21(22(16-18)31(33)34)29-10-14-36-15-11-29/h2-5,16-17H,1,6-15H2. The second-order valence-corrected chi connectivity index (χ2v) is 10.9. The van der Waals surface area contributed by atoms with Gasteiger partial charge in [-0.05, 0) is 36.8 Å². The molecule has 1 amide bonds. The summed E-state index contributed by atoms with van der Waals surface area (Å²) in [6.45, 7) is 6.65. The van der Waals surface area contributed by atoms with Gasteiger partial charge in [-0.2, -0.15) is 0 Å². The van der Waals surface area contributed by atoms with Crippen LogP contribution in [0.1, 0.15) is 16.8 Å². The lowest BCUT2D eigenvalue weighted by Gasteiger charge is -2.29. The van der Waals surface area contributed by atoms with Crippen molar-refractivity contribution in [1.82, 2.24) is 9.88 Å². The van der Waals surface area contributed by atoms with Crippen LogP contribution in [0.25, 0.3) is 10.2 Å². The van der Waals surface area contributed by atoms with Crippen molar-refractivity contribution in [2.24, 2.45) is 0 Å². The number of nitro benzene ring substituents is 1. The average Bonchev–Trinajstić information content (AvgIpc) is 3.34. The van der Waals surface area contributed by atoms with Gasteiger partial charge in [-0.15, -0.1) is 0 Å². The van der Waals surface area contributed by atoms with Crippen molar-refractivity contribution in [3.05, 3.63) is 56.5 Å². The van der Waals surface area contributed by atoms with Gasteiger partial charge >= 0.3 is 0 Å². The maximum absolute atomic E-state index is 13.8. The third-order valence-electron chi connectivity index (χ3n) is 6.55. The Morgan fingerprint density at radius 3 is 2.54 bits per heavy atom. The first kappa shape index (κ1) is 26.0. The van der Waals surface area contributed by atoms with Crippen molar-refractivity contribution >= 4 is 59.9 Å². The number of nitrogens with zero attached hydrogens (tertiary/aromatic N) is 5. The van der Waals surface area contributed by atoms with Gasteiger partial charge in [0.2, 0.25) is 0 Å². The highest BCUT2D eigenvalue weighted by Crippen LogP contribution is 2.34. The summed E-state index contributed by atoms with van der Waals surface area (Å²) in [5.41, 5.74) is 1.51. The molecular formula is C25H28BrN5O5S. The highest BCUT2D eigenvalue weighted by atomic mass is 79.9. The number of thiazole rings is 1. The number of halogens is 1. The van der Waals surface area contributed by atoms with E-state index >= 15 is 0 Å². The zero-order valence-electron chi connectivity index (χ0n) is 20.3. The molecule has 12 heteroatoms. The fraction of sp³-hybridized carbons (Fsp3) is 0.440. The van der Waals surface area contributed by atoms with E-state index < -0.39 is 4.92 Å². The molecule has 1 aromatic heterocycles. The van der Waals surface area contributed by atoms with Gasteiger partial charge < -0.3 is 14.4 Å². The fourth-order valence-corrected chi connectivity index (χ4v) is 6.14. The third kappa shape index (κ3) is 6.10. The van der Waals surface area contributed by atoms with Crippen LogP contribution in [0, 0.1) is 10.1 Å². The summed E-state index contributed by atoms with van der Waals surface area (Å²) in [6, 6.07) is 10.6. The van der Waals surface area contributed by atoms with Crippen LogP contribution < -0.4 is 9.80 Å². The molecule has 0 saturated carbocycles.